The van der Waals surface area contributed by atoms with Crippen LogP contribution in [0, 0.1) is 5.82 Å². The number of rotatable bonds is 1. The van der Waals surface area contributed by atoms with Crippen molar-refractivity contribution in [3.63, 3.8) is 0 Å². The van der Waals surface area contributed by atoms with Crippen molar-refractivity contribution in [2.75, 3.05) is 12.3 Å². The molecule has 2 aliphatic heterocycles. The van der Waals surface area contributed by atoms with Gasteiger partial charge in [0.1, 0.15) is 11.9 Å². The van der Waals surface area contributed by atoms with Crippen molar-refractivity contribution in [2.45, 2.75) is 25.4 Å². The normalized spacial score (nSPS) is 25.3. The standard InChI is InChI=1S/C14H15FN2O2S/c1-8-11-3-2-10(15)6-9(11)4-5-17(8)13(18)12-7-20-14(19)16-12/h2-3,6,8,12H,4-5,7H2,1H3,(H,16,19). The highest BCUT2D eigenvalue weighted by atomic mass is 32.2. The van der Waals surface area contributed by atoms with Crippen molar-refractivity contribution in [1.82, 2.24) is 10.2 Å². The Bertz CT molecular complexity index is 578. The van der Waals surface area contributed by atoms with Crippen LogP contribution >= 0.6 is 11.8 Å². The lowest BCUT2D eigenvalue weighted by molar-refractivity contribution is -0.135. The summed E-state index contributed by atoms with van der Waals surface area (Å²) in [6, 6.07) is 4.19. The van der Waals surface area contributed by atoms with Crippen LogP contribution in [-0.2, 0) is 11.2 Å². The smallest absolute Gasteiger partial charge is 0.279 e. The summed E-state index contributed by atoms with van der Waals surface area (Å²) in [6.45, 7) is 2.51. The molecule has 0 aromatic heterocycles. The molecule has 0 bridgehead atoms. The number of hydrogen-bond donors (Lipinski definition) is 1. The number of hydrogen-bond acceptors (Lipinski definition) is 3. The van der Waals surface area contributed by atoms with E-state index in [1.54, 1.807) is 17.0 Å². The van der Waals surface area contributed by atoms with Crippen molar-refractivity contribution in [1.29, 1.82) is 0 Å². The number of nitrogens with one attached hydrogen (secondary N) is 1. The molecule has 1 saturated heterocycles. The highest BCUT2D eigenvalue weighted by molar-refractivity contribution is 8.14. The van der Waals surface area contributed by atoms with Gasteiger partial charge in [0.15, 0.2) is 0 Å². The molecule has 1 aromatic carbocycles. The fourth-order valence-corrected chi connectivity index (χ4v) is 3.59. The highest BCUT2D eigenvalue weighted by Crippen LogP contribution is 2.31. The van der Waals surface area contributed by atoms with Crippen LogP contribution in [0.3, 0.4) is 0 Å². The molecule has 0 spiro atoms. The second-order valence-corrected chi connectivity index (χ2v) is 6.09. The maximum Gasteiger partial charge on any atom is 0.279 e. The monoisotopic (exact) mass is 294 g/mol. The van der Waals surface area contributed by atoms with E-state index in [-0.39, 0.29) is 23.0 Å². The summed E-state index contributed by atoms with van der Waals surface area (Å²) < 4.78 is 13.2. The van der Waals surface area contributed by atoms with Crippen LogP contribution in [0.25, 0.3) is 0 Å². The lowest BCUT2D eigenvalue weighted by atomic mass is 9.93. The molecule has 2 atom stereocenters. The molecule has 2 heterocycles. The minimum Gasteiger partial charge on any atom is -0.334 e. The Labute approximate surface area is 120 Å². The van der Waals surface area contributed by atoms with Gasteiger partial charge in [-0.25, -0.2) is 4.39 Å². The van der Waals surface area contributed by atoms with E-state index in [0.29, 0.717) is 18.7 Å². The van der Waals surface area contributed by atoms with Crippen molar-refractivity contribution in [3.05, 3.63) is 35.1 Å². The maximum absolute atomic E-state index is 13.2. The number of carbonyl (C=O) groups excluding carboxylic acids is 2. The van der Waals surface area contributed by atoms with E-state index in [4.69, 9.17) is 0 Å². The number of carbonyl (C=O) groups is 2. The Morgan fingerprint density at radius 1 is 1.50 bits per heavy atom. The zero-order valence-corrected chi connectivity index (χ0v) is 11.9. The van der Waals surface area contributed by atoms with E-state index in [1.807, 2.05) is 6.92 Å². The number of benzene rings is 1. The van der Waals surface area contributed by atoms with Crippen LogP contribution in [0.1, 0.15) is 24.1 Å². The fourth-order valence-electron chi connectivity index (χ4n) is 2.82. The zero-order chi connectivity index (χ0) is 14.3. The number of halogens is 1. The van der Waals surface area contributed by atoms with Gasteiger partial charge in [-0.05, 0) is 36.6 Å². The molecule has 4 nitrogen and oxygen atoms in total. The van der Waals surface area contributed by atoms with Gasteiger partial charge in [0.2, 0.25) is 5.91 Å². The Balaban J connectivity index is 1.81. The van der Waals surface area contributed by atoms with E-state index < -0.39 is 6.04 Å². The van der Waals surface area contributed by atoms with Crippen LogP contribution in [0.4, 0.5) is 9.18 Å². The first-order chi connectivity index (χ1) is 9.56. The largest absolute Gasteiger partial charge is 0.334 e. The third kappa shape index (κ3) is 2.28. The predicted octanol–water partition coefficient (Wildman–Crippen LogP) is 2.10. The van der Waals surface area contributed by atoms with Gasteiger partial charge in [0, 0.05) is 12.3 Å². The fraction of sp³-hybridized carbons (Fsp3) is 0.429. The minimum absolute atomic E-state index is 0.0502. The van der Waals surface area contributed by atoms with Crippen LogP contribution in [0.2, 0.25) is 0 Å². The third-order valence-corrected chi connectivity index (χ3v) is 4.78. The van der Waals surface area contributed by atoms with E-state index >= 15 is 0 Å². The number of amides is 2. The Hall–Kier alpha value is -1.56. The molecule has 0 aliphatic carbocycles. The first-order valence-corrected chi connectivity index (χ1v) is 7.57. The Morgan fingerprint density at radius 3 is 3.00 bits per heavy atom. The van der Waals surface area contributed by atoms with Crippen molar-refractivity contribution >= 4 is 22.9 Å². The van der Waals surface area contributed by atoms with Crippen molar-refractivity contribution < 1.29 is 14.0 Å². The van der Waals surface area contributed by atoms with E-state index in [2.05, 4.69) is 5.32 Å². The summed E-state index contributed by atoms with van der Waals surface area (Å²) in [7, 11) is 0. The second kappa shape index (κ2) is 5.09. The Morgan fingerprint density at radius 2 is 2.30 bits per heavy atom. The summed E-state index contributed by atoms with van der Waals surface area (Å²) in [6.07, 6.45) is 0.650. The molecular formula is C14H15FN2O2S. The summed E-state index contributed by atoms with van der Waals surface area (Å²) in [4.78, 5) is 25.4. The molecule has 20 heavy (non-hydrogen) atoms. The molecule has 0 radical (unpaired) electrons. The van der Waals surface area contributed by atoms with Gasteiger partial charge < -0.3 is 10.2 Å². The van der Waals surface area contributed by atoms with Gasteiger partial charge in [0.25, 0.3) is 5.24 Å². The molecule has 6 heteroatoms. The van der Waals surface area contributed by atoms with Crippen LogP contribution in [0.5, 0.6) is 0 Å². The second-order valence-electron chi connectivity index (χ2n) is 5.10. The van der Waals surface area contributed by atoms with Crippen molar-refractivity contribution in [2.24, 2.45) is 0 Å². The molecule has 0 saturated carbocycles. The summed E-state index contributed by atoms with van der Waals surface area (Å²) >= 11 is 1.14. The third-order valence-electron chi connectivity index (χ3n) is 3.90. The summed E-state index contributed by atoms with van der Waals surface area (Å²) in [5.74, 6) is 0.193. The van der Waals surface area contributed by atoms with E-state index in [0.717, 1.165) is 22.9 Å². The van der Waals surface area contributed by atoms with E-state index in [1.165, 1.54) is 6.07 Å². The maximum atomic E-state index is 13.2. The molecule has 2 amide bonds. The van der Waals surface area contributed by atoms with Gasteiger partial charge >= 0.3 is 0 Å². The number of thioether (sulfide) groups is 1. The SMILES string of the molecule is CC1c2ccc(F)cc2CCN1C(=O)C1CSC(=O)N1. The molecular weight excluding hydrogens is 279 g/mol. The van der Waals surface area contributed by atoms with Gasteiger partial charge in [-0.2, -0.15) is 0 Å². The average molecular weight is 294 g/mol. The Kier molecular flexibility index (Phi) is 3.41. The molecule has 1 N–H and O–H groups in total. The van der Waals surface area contributed by atoms with Crippen LogP contribution in [0.15, 0.2) is 18.2 Å². The topological polar surface area (TPSA) is 49.4 Å². The van der Waals surface area contributed by atoms with Crippen LogP contribution < -0.4 is 5.32 Å². The van der Waals surface area contributed by atoms with Gasteiger partial charge in [-0.15, -0.1) is 0 Å². The predicted molar refractivity (Wildman–Crippen MR) is 75.0 cm³/mol. The van der Waals surface area contributed by atoms with Gasteiger partial charge in [0.05, 0.1) is 6.04 Å². The van der Waals surface area contributed by atoms with Crippen molar-refractivity contribution in [3.8, 4) is 0 Å². The molecule has 3 rings (SSSR count). The zero-order valence-electron chi connectivity index (χ0n) is 11.1. The van der Waals surface area contributed by atoms with Gasteiger partial charge in [-0.3, -0.25) is 9.59 Å². The minimum atomic E-state index is -0.433. The highest BCUT2D eigenvalue weighted by Gasteiger charge is 2.35. The number of fused-ring (bicyclic) bond motifs is 1. The first-order valence-electron chi connectivity index (χ1n) is 6.58. The molecule has 2 aliphatic rings. The molecule has 106 valence electrons. The molecule has 1 aromatic rings. The van der Waals surface area contributed by atoms with Crippen LogP contribution in [-0.4, -0.2) is 34.4 Å². The quantitative estimate of drug-likeness (QED) is 0.863. The number of nitrogens with zero attached hydrogens (tertiary/aromatic N) is 1. The van der Waals surface area contributed by atoms with Gasteiger partial charge in [-0.1, -0.05) is 17.8 Å². The van der Waals surface area contributed by atoms with E-state index in [9.17, 15) is 14.0 Å². The summed E-state index contributed by atoms with van der Waals surface area (Å²) in [5.41, 5.74) is 1.95. The molecule has 1 fully saturated rings. The summed E-state index contributed by atoms with van der Waals surface area (Å²) in [5, 5.41) is 2.53. The molecule has 2 unspecified atom stereocenters. The lowest BCUT2D eigenvalue weighted by Crippen LogP contribution is -2.48. The average Bonchev–Trinajstić information content (AvgIpc) is 2.85. The lowest BCUT2D eigenvalue weighted by Gasteiger charge is -2.36. The first kappa shape index (κ1) is 13.4.